The molecule has 3 N–H and O–H groups in total. The average Bonchev–Trinajstić information content (AvgIpc) is 2.83. The first kappa shape index (κ1) is 20.4. The maximum absolute atomic E-state index is 6.16. The number of hydrogen-bond acceptors (Lipinski definition) is 6. The van der Waals surface area contributed by atoms with E-state index in [-0.39, 0.29) is 0 Å². The van der Waals surface area contributed by atoms with Gasteiger partial charge in [-0.15, -0.1) is 0 Å². The van der Waals surface area contributed by atoms with Gasteiger partial charge >= 0.3 is 0 Å². The quantitative estimate of drug-likeness (QED) is 0.328. The molecule has 2 aliphatic heterocycles. The van der Waals surface area contributed by atoms with Crippen LogP contribution in [0.4, 0.5) is 11.4 Å². The molecule has 0 spiro atoms. The predicted molar refractivity (Wildman–Crippen MR) is 124 cm³/mol. The fourth-order valence-corrected chi connectivity index (χ4v) is 3.85. The zero-order valence-corrected chi connectivity index (χ0v) is 17.7. The summed E-state index contributed by atoms with van der Waals surface area (Å²) in [6.45, 7) is 6.67. The molecular formula is C21H27N7OS. The second kappa shape index (κ2) is 9.73. The van der Waals surface area contributed by atoms with Crippen molar-refractivity contribution >= 4 is 34.5 Å². The van der Waals surface area contributed by atoms with E-state index in [1.807, 2.05) is 23.1 Å². The number of amidine groups is 1. The van der Waals surface area contributed by atoms with Gasteiger partial charge < -0.3 is 25.2 Å². The number of anilines is 2. The summed E-state index contributed by atoms with van der Waals surface area (Å²) >= 11 is 5.39. The summed E-state index contributed by atoms with van der Waals surface area (Å²) < 4.78 is 5.34. The van der Waals surface area contributed by atoms with Gasteiger partial charge in [0.15, 0.2) is 10.9 Å². The lowest BCUT2D eigenvalue weighted by Gasteiger charge is -2.37. The van der Waals surface area contributed by atoms with E-state index in [0.717, 1.165) is 45.0 Å². The van der Waals surface area contributed by atoms with Gasteiger partial charge in [0.2, 0.25) is 0 Å². The molecule has 0 aliphatic carbocycles. The van der Waals surface area contributed by atoms with Gasteiger partial charge in [-0.05, 0) is 36.5 Å². The van der Waals surface area contributed by atoms with Gasteiger partial charge in [0.1, 0.15) is 5.69 Å². The number of thiocarbonyl (C=S) groups is 1. The molecule has 1 aromatic heterocycles. The first-order valence-electron chi connectivity index (χ1n) is 10.2. The predicted octanol–water partition coefficient (Wildman–Crippen LogP) is 1.24. The van der Waals surface area contributed by atoms with E-state index in [0.29, 0.717) is 29.9 Å². The van der Waals surface area contributed by atoms with Gasteiger partial charge in [0.25, 0.3) is 0 Å². The Balaban J connectivity index is 1.36. The molecule has 0 bridgehead atoms. The molecular weight excluding hydrogens is 398 g/mol. The van der Waals surface area contributed by atoms with E-state index in [4.69, 9.17) is 22.7 Å². The number of para-hydroxylation sites is 1. The normalized spacial score (nSPS) is 17.7. The molecule has 1 aromatic carbocycles. The first-order valence-corrected chi connectivity index (χ1v) is 10.6. The Bertz CT molecular complexity index is 878. The lowest BCUT2D eigenvalue weighted by Crippen LogP contribution is -2.46. The minimum atomic E-state index is 0.315. The van der Waals surface area contributed by atoms with Gasteiger partial charge in [0, 0.05) is 56.8 Å². The Morgan fingerprint density at radius 2 is 1.63 bits per heavy atom. The Morgan fingerprint density at radius 3 is 2.33 bits per heavy atom. The summed E-state index contributed by atoms with van der Waals surface area (Å²) in [7, 11) is 0. The van der Waals surface area contributed by atoms with Crippen molar-refractivity contribution in [1.29, 1.82) is 0 Å². The van der Waals surface area contributed by atoms with E-state index in [9.17, 15) is 0 Å². The second-order valence-electron chi connectivity index (χ2n) is 7.22. The number of nitrogens with zero attached hydrogens (tertiary/aromatic N) is 5. The van der Waals surface area contributed by atoms with Crippen molar-refractivity contribution in [3.63, 3.8) is 0 Å². The number of benzene rings is 1. The fraction of sp³-hybridized carbons (Fsp3) is 0.381. The molecule has 30 heavy (non-hydrogen) atoms. The molecule has 2 aliphatic rings. The van der Waals surface area contributed by atoms with Gasteiger partial charge in [-0.2, -0.15) is 5.10 Å². The average molecular weight is 426 g/mol. The Morgan fingerprint density at radius 1 is 0.967 bits per heavy atom. The van der Waals surface area contributed by atoms with E-state index in [2.05, 4.69) is 49.6 Å². The second-order valence-corrected chi connectivity index (χ2v) is 7.61. The summed E-state index contributed by atoms with van der Waals surface area (Å²) in [4.78, 5) is 11.2. The molecule has 158 valence electrons. The first-order chi connectivity index (χ1) is 14.7. The van der Waals surface area contributed by atoms with Crippen LogP contribution in [-0.2, 0) is 4.74 Å². The van der Waals surface area contributed by atoms with E-state index < -0.39 is 0 Å². The van der Waals surface area contributed by atoms with Gasteiger partial charge in [-0.25, -0.2) is 0 Å². The largest absolute Gasteiger partial charge is 0.380 e. The Hall–Kier alpha value is -2.91. The van der Waals surface area contributed by atoms with Crippen molar-refractivity contribution in [2.75, 3.05) is 62.3 Å². The molecule has 2 fully saturated rings. The van der Waals surface area contributed by atoms with Crippen molar-refractivity contribution in [2.24, 2.45) is 10.8 Å². The number of hydrazone groups is 1. The maximum Gasteiger partial charge on any atom is 0.189 e. The monoisotopic (exact) mass is 425 g/mol. The zero-order chi connectivity index (χ0) is 20.8. The minimum Gasteiger partial charge on any atom is -0.380 e. The van der Waals surface area contributed by atoms with E-state index in [1.165, 1.54) is 5.69 Å². The number of aromatic nitrogens is 1. The highest BCUT2D eigenvalue weighted by Crippen LogP contribution is 2.20. The molecule has 2 saturated heterocycles. The van der Waals surface area contributed by atoms with Gasteiger partial charge in [-0.1, -0.05) is 18.2 Å². The van der Waals surface area contributed by atoms with Crippen LogP contribution in [0.3, 0.4) is 0 Å². The van der Waals surface area contributed by atoms with Crippen molar-refractivity contribution in [3.8, 4) is 0 Å². The molecule has 0 saturated carbocycles. The lowest BCUT2D eigenvalue weighted by atomic mass is 10.2. The number of morpholine rings is 1. The van der Waals surface area contributed by atoms with Crippen molar-refractivity contribution in [3.05, 3.63) is 54.4 Å². The highest BCUT2D eigenvalue weighted by molar-refractivity contribution is 7.80. The van der Waals surface area contributed by atoms with Crippen molar-refractivity contribution in [2.45, 2.75) is 0 Å². The van der Waals surface area contributed by atoms with Crippen LogP contribution in [0.25, 0.3) is 0 Å². The van der Waals surface area contributed by atoms with Crippen LogP contribution in [0.2, 0.25) is 0 Å². The van der Waals surface area contributed by atoms with Crippen LogP contribution in [0.1, 0.15) is 5.69 Å². The number of piperazine rings is 1. The van der Waals surface area contributed by atoms with Crippen LogP contribution in [-0.4, -0.2) is 73.3 Å². The molecule has 4 rings (SSSR count). The summed E-state index contributed by atoms with van der Waals surface area (Å²) in [5.41, 5.74) is 12.0. The van der Waals surface area contributed by atoms with Gasteiger partial charge in [0.05, 0.1) is 13.2 Å². The third-order valence-corrected chi connectivity index (χ3v) is 5.69. The smallest absolute Gasteiger partial charge is 0.189 e. The fourth-order valence-electron chi connectivity index (χ4n) is 3.62. The van der Waals surface area contributed by atoms with E-state index in [1.54, 1.807) is 6.20 Å². The summed E-state index contributed by atoms with van der Waals surface area (Å²) in [5, 5.41) is 4.79. The Kier molecular flexibility index (Phi) is 6.60. The third kappa shape index (κ3) is 4.98. The number of nitrogens with one attached hydrogen (secondary N) is 1. The molecule has 0 amide bonds. The molecule has 0 radical (unpaired) electrons. The van der Waals surface area contributed by atoms with Crippen LogP contribution >= 0.6 is 12.2 Å². The minimum absolute atomic E-state index is 0.315. The highest BCUT2D eigenvalue weighted by Gasteiger charge is 2.18. The number of pyridine rings is 1. The highest BCUT2D eigenvalue weighted by atomic mass is 32.1. The number of rotatable bonds is 4. The SMILES string of the molecule is NC(=NNC(=S)N1CCOCC1)c1cc(N2CCN(c3ccccc3)CC2)ccn1. The number of nitrogens with two attached hydrogens (primary N) is 1. The molecule has 9 heteroatoms. The summed E-state index contributed by atoms with van der Waals surface area (Å²) in [6, 6.07) is 14.5. The van der Waals surface area contributed by atoms with Crippen molar-refractivity contribution < 1.29 is 4.74 Å². The summed E-state index contributed by atoms with van der Waals surface area (Å²) in [5.74, 6) is 0.315. The molecule has 8 nitrogen and oxygen atoms in total. The third-order valence-electron chi connectivity index (χ3n) is 5.34. The van der Waals surface area contributed by atoms with Crippen LogP contribution in [0.5, 0.6) is 0 Å². The molecule has 0 unspecified atom stereocenters. The molecule has 3 heterocycles. The summed E-state index contributed by atoms with van der Waals surface area (Å²) in [6.07, 6.45) is 1.77. The van der Waals surface area contributed by atoms with E-state index >= 15 is 0 Å². The van der Waals surface area contributed by atoms with Crippen LogP contribution in [0, 0.1) is 0 Å². The maximum atomic E-state index is 6.16. The topological polar surface area (TPSA) is 82.2 Å². The number of ether oxygens (including phenoxy) is 1. The zero-order valence-electron chi connectivity index (χ0n) is 16.9. The van der Waals surface area contributed by atoms with Crippen LogP contribution in [0.15, 0.2) is 53.8 Å². The number of hydrogen-bond donors (Lipinski definition) is 2. The molecule has 0 atom stereocenters. The van der Waals surface area contributed by atoms with Crippen molar-refractivity contribution in [1.82, 2.24) is 15.3 Å². The van der Waals surface area contributed by atoms with Crippen LogP contribution < -0.4 is 21.0 Å². The Labute approximate surface area is 182 Å². The molecule has 2 aromatic rings. The standard InChI is InChI=1S/C21H27N7OS/c22-20(24-25-21(30)28-12-14-29-15-13-28)19-16-18(6-7-23-19)27-10-8-26(9-11-27)17-4-2-1-3-5-17/h1-7,16H,8-15H2,(H2,22,24)(H,25,30). The lowest BCUT2D eigenvalue weighted by molar-refractivity contribution is 0.0677. The van der Waals surface area contributed by atoms with Gasteiger partial charge in [-0.3, -0.25) is 10.4 Å².